The van der Waals surface area contributed by atoms with Crippen LogP contribution in [0.5, 0.6) is 0 Å². The molecule has 2 aromatic rings. The van der Waals surface area contributed by atoms with Crippen LogP contribution in [0.4, 0.5) is 0 Å². The van der Waals surface area contributed by atoms with Crippen molar-refractivity contribution in [2.24, 2.45) is 0 Å². The summed E-state index contributed by atoms with van der Waals surface area (Å²) in [7, 11) is 0. The van der Waals surface area contributed by atoms with Gasteiger partial charge in [0.15, 0.2) is 5.76 Å². The Morgan fingerprint density at radius 1 is 1.21 bits per heavy atom. The molecule has 0 fully saturated rings. The number of aryl methyl sites for hydroxylation is 1. The Bertz CT molecular complexity index is 740. The number of nitrogens with zero attached hydrogens (tertiary/aromatic N) is 1. The third kappa shape index (κ3) is 1.55. The molecule has 1 aliphatic heterocycles. The number of rotatable bonds is 2. The van der Waals surface area contributed by atoms with Crippen LogP contribution in [0, 0.1) is 0 Å². The van der Waals surface area contributed by atoms with Crippen molar-refractivity contribution in [2.45, 2.75) is 13.5 Å². The third-order valence-corrected chi connectivity index (χ3v) is 3.30. The Balaban J connectivity index is 2.33. The molecule has 5 heteroatoms. The lowest BCUT2D eigenvalue weighted by molar-refractivity contribution is -0.124. The summed E-state index contributed by atoms with van der Waals surface area (Å²) in [6, 6.07) is 7.58. The van der Waals surface area contributed by atoms with E-state index in [4.69, 9.17) is 0 Å². The van der Waals surface area contributed by atoms with Crippen LogP contribution in [-0.4, -0.2) is 21.5 Å². The summed E-state index contributed by atoms with van der Waals surface area (Å²) < 4.78 is 1.97. The van der Waals surface area contributed by atoms with Crippen molar-refractivity contribution < 1.29 is 14.7 Å². The molecule has 96 valence electrons. The van der Waals surface area contributed by atoms with E-state index in [0.29, 0.717) is 5.56 Å². The van der Waals surface area contributed by atoms with Crippen molar-refractivity contribution in [3.63, 3.8) is 0 Å². The van der Waals surface area contributed by atoms with Crippen LogP contribution in [0.3, 0.4) is 0 Å². The van der Waals surface area contributed by atoms with Gasteiger partial charge in [0.05, 0.1) is 5.57 Å². The summed E-state index contributed by atoms with van der Waals surface area (Å²) in [6.45, 7) is 2.73. The molecule has 5 nitrogen and oxygen atoms in total. The van der Waals surface area contributed by atoms with Gasteiger partial charge in [0.1, 0.15) is 0 Å². The van der Waals surface area contributed by atoms with Crippen molar-refractivity contribution in [2.75, 3.05) is 0 Å². The van der Waals surface area contributed by atoms with Crippen molar-refractivity contribution in [3.8, 4) is 0 Å². The molecule has 0 atom stereocenters. The molecule has 0 saturated carbocycles. The minimum absolute atomic E-state index is 0.0494. The number of para-hydroxylation sites is 1. The molecule has 1 aromatic carbocycles. The zero-order chi connectivity index (χ0) is 13.6. The van der Waals surface area contributed by atoms with Crippen LogP contribution in [-0.2, 0) is 16.1 Å². The van der Waals surface area contributed by atoms with Crippen LogP contribution in [0.25, 0.3) is 16.5 Å². The number of carbonyl (C=O) groups is 2. The predicted molar refractivity (Wildman–Crippen MR) is 70.3 cm³/mol. The number of nitrogens with one attached hydrogen (secondary N) is 1. The Morgan fingerprint density at radius 3 is 2.58 bits per heavy atom. The number of hydrogen-bond donors (Lipinski definition) is 2. The first-order valence-electron chi connectivity index (χ1n) is 6.00. The fraction of sp³-hybridized carbons (Fsp3) is 0.143. The van der Waals surface area contributed by atoms with E-state index < -0.39 is 17.6 Å². The lowest BCUT2D eigenvalue weighted by Gasteiger charge is -1.98. The molecule has 1 aromatic heterocycles. The fourth-order valence-electron chi connectivity index (χ4n) is 2.40. The second-order valence-electron chi connectivity index (χ2n) is 4.35. The van der Waals surface area contributed by atoms with Gasteiger partial charge in [-0.3, -0.25) is 14.9 Å². The number of aliphatic hydroxyl groups is 1. The average molecular weight is 256 g/mol. The SMILES string of the molecule is CCn1cc(C2=C(O)C(=O)NC2=O)c2ccccc21. The van der Waals surface area contributed by atoms with Crippen molar-refractivity contribution in [1.82, 2.24) is 9.88 Å². The number of imide groups is 1. The Hall–Kier alpha value is -2.56. The zero-order valence-corrected chi connectivity index (χ0v) is 10.3. The molecule has 0 bridgehead atoms. The van der Waals surface area contributed by atoms with E-state index >= 15 is 0 Å². The van der Waals surface area contributed by atoms with Crippen LogP contribution in [0.15, 0.2) is 36.2 Å². The minimum atomic E-state index is -0.742. The molecular formula is C14H12N2O3. The molecule has 19 heavy (non-hydrogen) atoms. The Morgan fingerprint density at radius 2 is 1.95 bits per heavy atom. The van der Waals surface area contributed by atoms with E-state index in [1.54, 1.807) is 6.20 Å². The number of amides is 2. The summed E-state index contributed by atoms with van der Waals surface area (Å²) in [5.41, 5.74) is 1.60. The van der Waals surface area contributed by atoms with Gasteiger partial charge < -0.3 is 9.67 Å². The highest BCUT2D eigenvalue weighted by molar-refractivity contribution is 6.36. The number of carbonyl (C=O) groups excluding carboxylic acids is 2. The van der Waals surface area contributed by atoms with Gasteiger partial charge in [-0.15, -0.1) is 0 Å². The summed E-state index contributed by atoms with van der Waals surface area (Å²) >= 11 is 0. The molecule has 2 amide bonds. The van der Waals surface area contributed by atoms with Gasteiger partial charge >= 0.3 is 0 Å². The van der Waals surface area contributed by atoms with Gasteiger partial charge in [0, 0.05) is 29.2 Å². The summed E-state index contributed by atoms with van der Waals surface area (Å²) in [5, 5.41) is 12.7. The quantitative estimate of drug-likeness (QED) is 0.801. The van der Waals surface area contributed by atoms with Gasteiger partial charge in [-0.25, -0.2) is 0 Å². The number of hydrogen-bond acceptors (Lipinski definition) is 3. The first-order valence-corrected chi connectivity index (χ1v) is 6.00. The predicted octanol–water partition coefficient (Wildman–Crippen LogP) is 1.59. The van der Waals surface area contributed by atoms with E-state index in [0.717, 1.165) is 17.4 Å². The average Bonchev–Trinajstić information content (AvgIpc) is 2.88. The van der Waals surface area contributed by atoms with Crippen LogP contribution >= 0.6 is 0 Å². The monoisotopic (exact) mass is 256 g/mol. The van der Waals surface area contributed by atoms with Gasteiger partial charge in [0.2, 0.25) is 0 Å². The largest absolute Gasteiger partial charge is 0.502 e. The summed E-state index contributed by atoms with van der Waals surface area (Å²) in [6.07, 6.45) is 1.79. The maximum absolute atomic E-state index is 11.8. The van der Waals surface area contributed by atoms with E-state index in [1.807, 2.05) is 35.8 Å². The lowest BCUT2D eigenvalue weighted by atomic mass is 10.0. The van der Waals surface area contributed by atoms with Crippen LogP contribution < -0.4 is 5.32 Å². The molecule has 1 aliphatic rings. The second-order valence-corrected chi connectivity index (χ2v) is 4.35. The smallest absolute Gasteiger partial charge is 0.293 e. The van der Waals surface area contributed by atoms with Crippen LogP contribution in [0.1, 0.15) is 12.5 Å². The number of aromatic nitrogens is 1. The summed E-state index contributed by atoms with van der Waals surface area (Å²) in [4.78, 5) is 23.1. The minimum Gasteiger partial charge on any atom is -0.502 e. The number of fused-ring (bicyclic) bond motifs is 1. The van der Waals surface area contributed by atoms with Gasteiger partial charge in [-0.2, -0.15) is 0 Å². The Labute approximate surface area is 109 Å². The summed E-state index contributed by atoms with van der Waals surface area (Å²) in [5.74, 6) is -1.81. The van der Waals surface area contributed by atoms with Gasteiger partial charge in [0.25, 0.3) is 11.8 Å². The molecular weight excluding hydrogens is 244 g/mol. The van der Waals surface area contributed by atoms with E-state index in [2.05, 4.69) is 5.32 Å². The van der Waals surface area contributed by atoms with Crippen LogP contribution in [0.2, 0.25) is 0 Å². The maximum Gasteiger partial charge on any atom is 0.293 e. The van der Waals surface area contributed by atoms with Crippen molar-refractivity contribution >= 4 is 28.3 Å². The molecule has 0 saturated heterocycles. The highest BCUT2D eigenvalue weighted by Gasteiger charge is 2.32. The normalized spacial score (nSPS) is 15.4. The Kier molecular flexibility index (Phi) is 2.41. The molecule has 2 heterocycles. The number of aliphatic hydroxyl groups excluding tert-OH is 1. The number of benzene rings is 1. The molecule has 0 unspecified atom stereocenters. The second kappa shape index (κ2) is 3.98. The fourth-order valence-corrected chi connectivity index (χ4v) is 2.40. The standard InChI is InChI=1S/C14H12N2O3/c1-2-16-7-9(8-5-3-4-6-10(8)16)11-12(17)14(19)15-13(11)18/h3-7H,2H2,1H3,(H2,15,17,18,19). The zero-order valence-electron chi connectivity index (χ0n) is 10.3. The maximum atomic E-state index is 11.8. The van der Waals surface area contributed by atoms with E-state index in [9.17, 15) is 14.7 Å². The van der Waals surface area contributed by atoms with Crippen molar-refractivity contribution in [1.29, 1.82) is 0 Å². The first kappa shape index (κ1) is 11.5. The molecule has 3 rings (SSSR count). The molecule has 0 aliphatic carbocycles. The highest BCUT2D eigenvalue weighted by atomic mass is 16.3. The van der Waals surface area contributed by atoms with Crippen molar-refractivity contribution in [3.05, 3.63) is 41.8 Å². The highest BCUT2D eigenvalue weighted by Crippen LogP contribution is 2.31. The van der Waals surface area contributed by atoms with Gasteiger partial charge in [-0.1, -0.05) is 18.2 Å². The van der Waals surface area contributed by atoms with E-state index in [1.165, 1.54) is 0 Å². The van der Waals surface area contributed by atoms with E-state index in [-0.39, 0.29) is 5.57 Å². The topological polar surface area (TPSA) is 71.3 Å². The third-order valence-electron chi connectivity index (χ3n) is 3.30. The lowest BCUT2D eigenvalue weighted by Crippen LogP contribution is -2.22. The van der Waals surface area contributed by atoms with Gasteiger partial charge in [-0.05, 0) is 13.0 Å². The first-order chi connectivity index (χ1) is 9.13. The molecule has 0 radical (unpaired) electrons. The molecule has 2 N–H and O–H groups in total. The molecule has 0 spiro atoms.